The van der Waals surface area contributed by atoms with Crippen LogP contribution in [0.25, 0.3) is 0 Å². The molecule has 1 aromatic carbocycles. The van der Waals surface area contributed by atoms with Gasteiger partial charge in [0.05, 0.1) is 20.1 Å². The number of aliphatic hydroxyl groups is 1. The van der Waals surface area contributed by atoms with Gasteiger partial charge in [0.25, 0.3) is 0 Å². The molecule has 17 heavy (non-hydrogen) atoms. The number of methoxy groups -OCH3 is 2. The Labute approximate surface area is 98.9 Å². The lowest BCUT2D eigenvalue weighted by Gasteiger charge is -2.14. The Balaban J connectivity index is 2.31. The first kappa shape index (κ1) is 11.7. The molecule has 1 aromatic rings. The molecule has 0 aromatic heterocycles. The monoisotopic (exact) mass is 238 g/mol. The molecule has 92 valence electrons. The zero-order valence-corrected chi connectivity index (χ0v) is 9.67. The fourth-order valence-electron chi connectivity index (χ4n) is 1.87. The summed E-state index contributed by atoms with van der Waals surface area (Å²) in [5.74, 6) is 0.250. The maximum atomic E-state index is 11.1. The number of aliphatic hydroxyl groups excluding tert-OH is 1. The van der Waals surface area contributed by atoms with E-state index < -0.39 is 12.1 Å². The van der Waals surface area contributed by atoms with Crippen LogP contribution in [-0.2, 0) is 9.53 Å². The molecule has 2 unspecified atom stereocenters. The predicted molar refractivity (Wildman–Crippen MR) is 59.3 cm³/mol. The van der Waals surface area contributed by atoms with Crippen molar-refractivity contribution in [3.05, 3.63) is 23.8 Å². The smallest absolute Gasteiger partial charge is 0.335 e. The average molecular weight is 238 g/mol. The molecule has 1 saturated heterocycles. The third kappa shape index (κ3) is 2.06. The van der Waals surface area contributed by atoms with Crippen molar-refractivity contribution in [2.75, 3.05) is 20.8 Å². The van der Waals surface area contributed by atoms with Crippen molar-refractivity contribution in [3.8, 4) is 11.5 Å². The molecule has 1 aliphatic heterocycles. The third-order valence-electron chi connectivity index (χ3n) is 2.86. The summed E-state index contributed by atoms with van der Waals surface area (Å²) in [5.41, 5.74) is 0.793. The number of cyclic esters (lactones) is 1. The fraction of sp³-hybridized carbons (Fsp3) is 0.417. The Bertz CT molecular complexity index is 429. The van der Waals surface area contributed by atoms with Crippen molar-refractivity contribution < 1.29 is 24.1 Å². The summed E-state index contributed by atoms with van der Waals surface area (Å²) in [6.45, 7) is 0.190. The van der Waals surface area contributed by atoms with Crippen LogP contribution in [0.2, 0.25) is 0 Å². The van der Waals surface area contributed by atoms with E-state index in [0.29, 0.717) is 11.5 Å². The van der Waals surface area contributed by atoms with Gasteiger partial charge in [0.2, 0.25) is 0 Å². The van der Waals surface area contributed by atoms with Gasteiger partial charge in [0.15, 0.2) is 17.6 Å². The van der Waals surface area contributed by atoms with Crippen LogP contribution in [0.3, 0.4) is 0 Å². The molecule has 5 nitrogen and oxygen atoms in total. The van der Waals surface area contributed by atoms with E-state index in [2.05, 4.69) is 0 Å². The highest BCUT2D eigenvalue weighted by Crippen LogP contribution is 2.33. The molecule has 2 atom stereocenters. The van der Waals surface area contributed by atoms with Gasteiger partial charge in [0, 0.05) is 0 Å². The van der Waals surface area contributed by atoms with E-state index in [4.69, 9.17) is 14.2 Å². The van der Waals surface area contributed by atoms with Crippen LogP contribution in [-0.4, -0.2) is 38.0 Å². The number of hydrogen-bond acceptors (Lipinski definition) is 5. The highest BCUT2D eigenvalue weighted by molar-refractivity contribution is 5.78. The second kappa shape index (κ2) is 4.63. The molecule has 0 amide bonds. The molecule has 5 heteroatoms. The molecule has 1 N–H and O–H groups in total. The van der Waals surface area contributed by atoms with E-state index in [9.17, 15) is 9.90 Å². The van der Waals surface area contributed by atoms with Gasteiger partial charge in [-0.05, 0) is 17.7 Å². The minimum absolute atomic E-state index is 0.190. The zero-order valence-electron chi connectivity index (χ0n) is 9.67. The first-order valence-corrected chi connectivity index (χ1v) is 5.24. The van der Waals surface area contributed by atoms with Crippen molar-refractivity contribution in [1.82, 2.24) is 0 Å². The van der Waals surface area contributed by atoms with Gasteiger partial charge in [-0.15, -0.1) is 0 Å². The molecular weight excluding hydrogens is 224 g/mol. The molecule has 2 rings (SSSR count). The maximum Gasteiger partial charge on any atom is 0.335 e. The topological polar surface area (TPSA) is 65.0 Å². The summed E-state index contributed by atoms with van der Waals surface area (Å²) in [6.07, 6.45) is -1.10. The summed E-state index contributed by atoms with van der Waals surface area (Å²) in [4.78, 5) is 11.1. The summed E-state index contributed by atoms with van der Waals surface area (Å²) in [7, 11) is 3.09. The lowest BCUT2D eigenvalue weighted by atomic mass is 9.96. The van der Waals surface area contributed by atoms with E-state index in [-0.39, 0.29) is 12.5 Å². The SMILES string of the molecule is COc1ccc(C2COC(=O)C2O)cc1OC. The summed E-state index contributed by atoms with van der Waals surface area (Å²) in [5, 5.41) is 9.65. The van der Waals surface area contributed by atoms with Gasteiger partial charge in [-0.1, -0.05) is 6.07 Å². The van der Waals surface area contributed by atoms with Gasteiger partial charge in [-0.25, -0.2) is 4.79 Å². The van der Waals surface area contributed by atoms with Crippen LogP contribution in [0.5, 0.6) is 11.5 Å². The minimum Gasteiger partial charge on any atom is -0.493 e. The van der Waals surface area contributed by atoms with Gasteiger partial charge >= 0.3 is 5.97 Å². The van der Waals surface area contributed by atoms with Crippen molar-refractivity contribution in [2.45, 2.75) is 12.0 Å². The van der Waals surface area contributed by atoms with E-state index in [1.807, 2.05) is 0 Å². The third-order valence-corrected chi connectivity index (χ3v) is 2.86. The lowest BCUT2D eigenvalue weighted by Crippen LogP contribution is -2.20. The van der Waals surface area contributed by atoms with E-state index in [0.717, 1.165) is 5.56 Å². The van der Waals surface area contributed by atoms with Crippen LogP contribution in [0.15, 0.2) is 18.2 Å². The molecule has 0 bridgehead atoms. The van der Waals surface area contributed by atoms with Gasteiger partial charge in [-0.3, -0.25) is 0 Å². The van der Waals surface area contributed by atoms with Crippen molar-refractivity contribution >= 4 is 5.97 Å². The number of carbonyl (C=O) groups is 1. The van der Waals surface area contributed by atoms with Crippen molar-refractivity contribution in [2.24, 2.45) is 0 Å². The highest BCUT2D eigenvalue weighted by atomic mass is 16.6. The number of hydrogen-bond donors (Lipinski definition) is 1. The summed E-state index contributed by atoms with van der Waals surface area (Å²) in [6, 6.07) is 5.27. The van der Waals surface area contributed by atoms with E-state index in [1.54, 1.807) is 25.3 Å². The van der Waals surface area contributed by atoms with Crippen LogP contribution in [0, 0.1) is 0 Å². The Hall–Kier alpha value is -1.75. The average Bonchev–Trinajstić information content (AvgIpc) is 2.69. The molecule has 1 fully saturated rings. The molecule has 0 spiro atoms. The Kier molecular flexibility index (Phi) is 3.19. The number of ether oxygens (including phenoxy) is 3. The molecule has 0 radical (unpaired) electrons. The predicted octanol–water partition coefficient (Wildman–Crippen LogP) is 0.705. The standard InChI is InChI=1S/C12H14O5/c1-15-9-4-3-7(5-10(9)16-2)8-6-17-12(14)11(8)13/h3-5,8,11,13H,6H2,1-2H3. The van der Waals surface area contributed by atoms with Crippen molar-refractivity contribution in [1.29, 1.82) is 0 Å². The molecule has 0 saturated carbocycles. The van der Waals surface area contributed by atoms with Gasteiger partial charge < -0.3 is 19.3 Å². The first-order chi connectivity index (χ1) is 8.17. The molecule has 1 aliphatic rings. The Morgan fingerprint density at radius 1 is 1.29 bits per heavy atom. The van der Waals surface area contributed by atoms with Crippen LogP contribution >= 0.6 is 0 Å². The fourth-order valence-corrected chi connectivity index (χ4v) is 1.87. The van der Waals surface area contributed by atoms with E-state index in [1.165, 1.54) is 7.11 Å². The molecule has 0 aliphatic carbocycles. The minimum atomic E-state index is -1.10. The lowest BCUT2D eigenvalue weighted by molar-refractivity contribution is -0.144. The van der Waals surface area contributed by atoms with Crippen LogP contribution in [0.4, 0.5) is 0 Å². The first-order valence-electron chi connectivity index (χ1n) is 5.24. The molecule has 1 heterocycles. The zero-order chi connectivity index (χ0) is 12.4. The Morgan fingerprint density at radius 2 is 2.00 bits per heavy atom. The normalized spacial score (nSPS) is 23.4. The number of rotatable bonds is 3. The molecular formula is C12H14O5. The van der Waals surface area contributed by atoms with Gasteiger partial charge in [-0.2, -0.15) is 0 Å². The highest BCUT2D eigenvalue weighted by Gasteiger charge is 2.36. The summed E-state index contributed by atoms with van der Waals surface area (Å²) >= 11 is 0. The Morgan fingerprint density at radius 3 is 2.53 bits per heavy atom. The summed E-state index contributed by atoms with van der Waals surface area (Å²) < 4.78 is 15.1. The maximum absolute atomic E-state index is 11.1. The van der Waals surface area contributed by atoms with Crippen molar-refractivity contribution in [3.63, 3.8) is 0 Å². The second-order valence-electron chi connectivity index (χ2n) is 3.80. The van der Waals surface area contributed by atoms with E-state index >= 15 is 0 Å². The largest absolute Gasteiger partial charge is 0.493 e. The number of carbonyl (C=O) groups excluding carboxylic acids is 1. The van der Waals surface area contributed by atoms with Crippen LogP contribution < -0.4 is 9.47 Å². The quantitative estimate of drug-likeness (QED) is 0.785. The number of benzene rings is 1. The second-order valence-corrected chi connectivity index (χ2v) is 3.80. The number of esters is 1. The van der Waals surface area contributed by atoms with Gasteiger partial charge in [0.1, 0.15) is 6.61 Å². The van der Waals surface area contributed by atoms with Crippen LogP contribution in [0.1, 0.15) is 11.5 Å².